The minimum atomic E-state index is -4.18. The van der Waals surface area contributed by atoms with Crippen molar-refractivity contribution in [2.45, 2.75) is 31.9 Å². The fourth-order valence-corrected chi connectivity index (χ4v) is 1.38. The number of rotatable bonds is 1. The van der Waals surface area contributed by atoms with Crippen molar-refractivity contribution in [3.05, 3.63) is 0 Å². The van der Waals surface area contributed by atoms with E-state index in [4.69, 9.17) is 0 Å². The highest BCUT2D eigenvalue weighted by Crippen LogP contribution is 2.32. The first-order chi connectivity index (χ1) is 4.99. The summed E-state index contributed by atoms with van der Waals surface area (Å²) in [6, 6.07) is 0. The second-order valence-corrected chi connectivity index (χ2v) is 2.87. The van der Waals surface area contributed by atoms with Gasteiger partial charge in [-0.1, -0.05) is 0 Å². The summed E-state index contributed by atoms with van der Waals surface area (Å²) < 4.78 is 35.2. The zero-order chi connectivity index (χ0) is 8.48. The van der Waals surface area contributed by atoms with Crippen LogP contribution in [0.15, 0.2) is 0 Å². The Bertz CT molecular complexity index is 162. The third-order valence-electron chi connectivity index (χ3n) is 1.91. The molecule has 1 fully saturated rings. The second-order valence-electron chi connectivity index (χ2n) is 2.87. The molecule has 11 heavy (non-hydrogen) atoms. The lowest BCUT2D eigenvalue weighted by atomic mass is 10.0. The molecule has 0 spiro atoms. The van der Waals surface area contributed by atoms with E-state index in [0.29, 0.717) is 19.3 Å². The lowest BCUT2D eigenvalue weighted by molar-refractivity contribution is -0.151. The normalized spacial score (nSPS) is 26.1. The van der Waals surface area contributed by atoms with Gasteiger partial charge >= 0.3 is 6.18 Å². The molecule has 0 radical (unpaired) electrons. The summed E-state index contributed by atoms with van der Waals surface area (Å²) in [7, 11) is 0. The molecule has 4 heteroatoms. The Hall–Kier alpha value is -0.540. The Morgan fingerprint density at radius 2 is 2.09 bits per heavy atom. The monoisotopic (exact) mass is 166 g/mol. The van der Waals surface area contributed by atoms with Crippen LogP contribution in [0.5, 0.6) is 0 Å². The van der Waals surface area contributed by atoms with Crippen LogP contribution in [0.3, 0.4) is 0 Å². The van der Waals surface area contributed by atoms with Crippen LogP contribution >= 0.6 is 0 Å². The topological polar surface area (TPSA) is 17.1 Å². The zero-order valence-electron chi connectivity index (χ0n) is 5.95. The van der Waals surface area contributed by atoms with E-state index in [9.17, 15) is 18.0 Å². The van der Waals surface area contributed by atoms with Gasteiger partial charge < -0.3 is 0 Å². The van der Waals surface area contributed by atoms with Crippen molar-refractivity contribution in [1.29, 1.82) is 0 Å². The molecular weight excluding hydrogens is 157 g/mol. The molecule has 0 unspecified atom stereocenters. The van der Waals surface area contributed by atoms with Crippen molar-refractivity contribution < 1.29 is 18.0 Å². The maximum Gasteiger partial charge on any atom is 0.389 e. The Labute approximate surface area is 62.6 Å². The number of carbonyl (C=O) groups excluding carboxylic acids is 1. The molecule has 0 saturated heterocycles. The van der Waals surface area contributed by atoms with Gasteiger partial charge in [-0.05, 0) is 12.8 Å². The van der Waals surface area contributed by atoms with Gasteiger partial charge in [0.25, 0.3) is 0 Å². The van der Waals surface area contributed by atoms with E-state index in [-0.39, 0.29) is 5.78 Å². The first kappa shape index (κ1) is 8.56. The molecule has 0 N–H and O–H groups in total. The van der Waals surface area contributed by atoms with Crippen LogP contribution in [-0.4, -0.2) is 12.0 Å². The van der Waals surface area contributed by atoms with Crippen molar-refractivity contribution >= 4 is 5.78 Å². The summed E-state index contributed by atoms with van der Waals surface area (Å²) in [6.45, 7) is 0. The molecule has 0 aromatic carbocycles. The number of hydrogen-bond acceptors (Lipinski definition) is 1. The molecule has 1 saturated carbocycles. The Morgan fingerprint density at radius 1 is 1.45 bits per heavy atom. The molecule has 0 heterocycles. The number of carbonyl (C=O) groups is 1. The van der Waals surface area contributed by atoms with E-state index >= 15 is 0 Å². The van der Waals surface area contributed by atoms with E-state index in [0.717, 1.165) is 0 Å². The second kappa shape index (κ2) is 2.83. The van der Waals surface area contributed by atoms with Gasteiger partial charge in [0.15, 0.2) is 0 Å². The molecule has 0 bridgehead atoms. The van der Waals surface area contributed by atoms with Gasteiger partial charge in [-0.15, -0.1) is 0 Å². The number of Topliss-reactive ketones (excluding diaryl/α,β-unsaturated/α-hetero) is 1. The van der Waals surface area contributed by atoms with Crippen LogP contribution in [-0.2, 0) is 4.79 Å². The van der Waals surface area contributed by atoms with Gasteiger partial charge in [0, 0.05) is 12.3 Å². The molecule has 1 rings (SSSR count). The van der Waals surface area contributed by atoms with E-state index in [1.807, 2.05) is 0 Å². The minimum Gasteiger partial charge on any atom is -0.299 e. The molecule has 0 aromatic heterocycles. The maximum atomic E-state index is 11.7. The number of hydrogen-bond donors (Lipinski definition) is 0. The molecule has 64 valence electrons. The largest absolute Gasteiger partial charge is 0.389 e. The molecule has 1 aliphatic carbocycles. The van der Waals surface area contributed by atoms with Crippen molar-refractivity contribution in [2.75, 3.05) is 0 Å². The summed E-state index contributed by atoms with van der Waals surface area (Å²) in [4.78, 5) is 10.8. The highest BCUT2D eigenvalue weighted by molar-refractivity contribution is 5.82. The van der Waals surface area contributed by atoms with Crippen LogP contribution in [0.4, 0.5) is 13.2 Å². The zero-order valence-corrected chi connectivity index (χ0v) is 5.95. The fraction of sp³-hybridized carbons (Fsp3) is 0.857. The highest BCUT2D eigenvalue weighted by atomic mass is 19.4. The fourth-order valence-electron chi connectivity index (χ4n) is 1.38. The van der Waals surface area contributed by atoms with Crippen LogP contribution in [0.1, 0.15) is 25.7 Å². The van der Waals surface area contributed by atoms with Crippen LogP contribution in [0.2, 0.25) is 0 Å². The average Bonchev–Trinajstić information content (AvgIpc) is 2.12. The van der Waals surface area contributed by atoms with E-state index < -0.39 is 18.5 Å². The number of alkyl halides is 3. The smallest absolute Gasteiger partial charge is 0.299 e. The summed E-state index contributed by atoms with van der Waals surface area (Å²) in [5.74, 6) is -0.961. The van der Waals surface area contributed by atoms with Gasteiger partial charge in [-0.3, -0.25) is 4.79 Å². The van der Waals surface area contributed by atoms with Crippen LogP contribution in [0, 0.1) is 5.92 Å². The van der Waals surface area contributed by atoms with Gasteiger partial charge in [0.2, 0.25) is 0 Å². The van der Waals surface area contributed by atoms with Crippen molar-refractivity contribution in [2.24, 2.45) is 5.92 Å². The standard InChI is InChI=1S/C7H9F3O/c8-7(9,10)4-5-2-1-3-6(5)11/h5H,1-4H2/t5-/m1/s1. The Morgan fingerprint density at radius 3 is 2.45 bits per heavy atom. The third kappa shape index (κ3) is 2.52. The van der Waals surface area contributed by atoms with Crippen molar-refractivity contribution in [3.8, 4) is 0 Å². The third-order valence-corrected chi connectivity index (χ3v) is 1.91. The minimum absolute atomic E-state index is 0.220. The SMILES string of the molecule is O=C1CCC[C@@H]1CC(F)(F)F. The Kier molecular flexibility index (Phi) is 2.20. The van der Waals surface area contributed by atoms with Crippen molar-refractivity contribution in [3.63, 3.8) is 0 Å². The summed E-state index contributed by atoms with van der Waals surface area (Å²) >= 11 is 0. The van der Waals surface area contributed by atoms with Gasteiger partial charge in [-0.25, -0.2) is 0 Å². The Balaban J connectivity index is 2.43. The average molecular weight is 166 g/mol. The first-order valence-corrected chi connectivity index (χ1v) is 3.58. The highest BCUT2D eigenvalue weighted by Gasteiger charge is 2.36. The molecule has 1 nitrogen and oxygen atoms in total. The van der Waals surface area contributed by atoms with Gasteiger partial charge in [0.1, 0.15) is 5.78 Å². The maximum absolute atomic E-state index is 11.7. The van der Waals surface area contributed by atoms with Crippen LogP contribution in [0.25, 0.3) is 0 Å². The summed E-state index contributed by atoms with van der Waals surface area (Å²) in [6.07, 6.45) is -3.73. The molecular formula is C7H9F3O. The summed E-state index contributed by atoms with van der Waals surface area (Å²) in [5, 5.41) is 0. The van der Waals surface area contributed by atoms with Gasteiger partial charge in [-0.2, -0.15) is 13.2 Å². The molecule has 0 amide bonds. The molecule has 1 aliphatic rings. The predicted molar refractivity (Wildman–Crippen MR) is 33.0 cm³/mol. The first-order valence-electron chi connectivity index (χ1n) is 3.58. The summed E-state index contributed by atoms with van der Waals surface area (Å²) in [5.41, 5.74) is 0. The van der Waals surface area contributed by atoms with E-state index in [2.05, 4.69) is 0 Å². The van der Waals surface area contributed by atoms with Crippen molar-refractivity contribution in [1.82, 2.24) is 0 Å². The van der Waals surface area contributed by atoms with E-state index in [1.54, 1.807) is 0 Å². The number of ketones is 1. The molecule has 1 atom stereocenters. The predicted octanol–water partition coefficient (Wildman–Crippen LogP) is 2.31. The van der Waals surface area contributed by atoms with Crippen LogP contribution < -0.4 is 0 Å². The van der Waals surface area contributed by atoms with E-state index in [1.165, 1.54) is 0 Å². The lowest BCUT2D eigenvalue weighted by Crippen LogP contribution is -2.17. The lowest BCUT2D eigenvalue weighted by Gasteiger charge is -2.10. The van der Waals surface area contributed by atoms with Gasteiger partial charge in [0.05, 0.1) is 6.42 Å². The quantitative estimate of drug-likeness (QED) is 0.584. The molecule has 0 aliphatic heterocycles. The molecule has 0 aromatic rings. The number of halogens is 3.